The van der Waals surface area contributed by atoms with Crippen molar-refractivity contribution >= 4 is 10.0 Å². The molecule has 1 unspecified atom stereocenters. The highest BCUT2D eigenvalue weighted by Crippen LogP contribution is 2.22. The molecule has 2 rings (SSSR count). The maximum Gasteiger partial charge on any atom is 0.216 e. The van der Waals surface area contributed by atoms with Gasteiger partial charge in [0.2, 0.25) is 10.0 Å². The molecule has 0 aliphatic carbocycles. The first-order valence-corrected chi connectivity index (χ1v) is 9.46. The zero-order valence-corrected chi connectivity index (χ0v) is 15.3. The average Bonchev–Trinajstić information content (AvgIpc) is 2.44. The molecule has 1 N–H and O–H groups in total. The van der Waals surface area contributed by atoms with Crippen LogP contribution in [0, 0.1) is 27.7 Å². The molecule has 0 spiro atoms. The number of hydrogen-bond acceptors (Lipinski definition) is 2. The predicted octanol–water partition coefficient (Wildman–Crippen LogP) is 4.10. The molecular weight excluding hydrogens is 306 g/mol. The van der Waals surface area contributed by atoms with E-state index in [1.165, 1.54) is 11.1 Å². The fraction of sp³-hybridized carbons (Fsp3) is 0.368. The Morgan fingerprint density at radius 3 is 2.09 bits per heavy atom. The maximum atomic E-state index is 12.4. The second-order valence-corrected chi connectivity index (χ2v) is 8.13. The third kappa shape index (κ3) is 4.66. The van der Waals surface area contributed by atoms with Crippen molar-refractivity contribution < 1.29 is 8.42 Å². The largest absolute Gasteiger partial charge is 0.216 e. The Labute approximate surface area is 139 Å². The molecule has 2 aromatic carbocycles. The van der Waals surface area contributed by atoms with Gasteiger partial charge in [-0.3, -0.25) is 0 Å². The summed E-state index contributed by atoms with van der Waals surface area (Å²) in [4.78, 5) is 0. The zero-order valence-electron chi connectivity index (χ0n) is 14.5. The molecule has 0 bridgehead atoms. The molecular formula is C19H25NO2S. The van der Waals surface area contributed by atoms with Gasteiger partial charge in [-0.1, -0.05) is 42.0 Å². The van der Waals surface area contributed by atoms with Crippen LogP contribution in [-0.2, 0) is 15.8 Å². The van der Waals surface area contributed by atoms with Crippen LogP contribution < -0.4 is 4.72 Å². The minimum absolute atomic E-state index is 0.00150. The quantitative estimate of drug-likeness (QED) is 0.896. The summed E-state index contributed by atoms with van der Waals surface area (Å²) in [6.45, 7) is 10.0. The van der Waals surface area contributed by atoms with Crippen molar-refractivity contribution in [1.82, 2.24) is 4.72 Å². The second-order valence-electron chi connectivity index (χ2n) is 6.38. The molecule has 4 heteroatoms. The van der Waals surface area contributed by atoms with Crippen LogP contribution in [0.5, 0.6) is 0 Å². The molecule has 0 amide bonds. The van der Waals surface area contributed by atoms with Gasteiger partial charge in [0, 0.05) is 6.04 Å². The predicted molar refractivity (Wildman–Crippen MR) is 96.0 cm³/mol. The summed E-state index contributed by atoms with van der Waals surface area (Å²) in [6.07, 6.45) is 0. The Hall–Kier alpha value is -1.65. The van der Waals surface area contributed by atoms with Crippen LogP contribution in [0.3, 0.4) is 0 Å². The molecule has 1 atom stereocenters. The van der Waals surface area contributed by atoms with Gasteiger partial charge in [0.15, 0.2) is 0 Å². The lowest BCUT2D eigenvalue weighted by Gasteiger charge is -2.18. The number of hydrogen-bond donors (Lipinski definition) is 1. The fourth-order valence-corrected chi connectivity index (χ4v) is 4.11. The van der Waals surface area contributed by atoms with E-state index in [0.29, 0.717) is 0 Å². The Morgan fingerprint density at radius 1 is 0.913 bits per heavy atom. The first-order valence-electron chi connectivity index (χ1n) is 7.81. The van der Waals surface area contributed by atoms with Crippen molar-refractivity contribution in [2.75, 3.05) is 0 Å². The molecule has 0 radical (unpaired) electrons. The van der Waals surface area contributed by atoms with E-state index >= 15 is 0 Å². The van der Waals surface area contributed by atoms with Crippen molar-refractivity contribution in [1.29, 1.82) is 0 Å². The molecule has 0 saturated heterocycles. The normalized spacial score (nSPS) is 13.1. The van der Waals surface area contributed by atoms with E-state index in [0.717, 1.165) is 22.3 Å². The van der Waals surface area contributed by atoms with Crippen LogP contribution in [0.15, 0.2) is 36.4 Å². The fourth-order valence-electron chi connectivity index (χ4n) is 2.73. The molecule has 0 fully saturated rings. The molecule has 124 valence electrons. The lowest BCUT2D eigenvalue weighted by Crippen LogP contribution is -2.28. The van der Waals surface area contributed by atoms with Crippen LogP contribution in [0.1, 0.15) is 46.3 Å². The highest BCUT2D eigenvalue weighted by Gasteiger charge is 2.18. The summed E-state index contributed by atoms with van der Waals surface area (Å²) in [7, 11) is -3.38. The minimum atomic E-state index is -3.38. The smallest absolute Gasteiger partial charge is 0.212 e. The summed E-state index contributed by atoms with van der Waals surface area (Å²) in [5.74, 6) is 0.00150. The van der Waals surface area contributed by atoms with E-state index in [-0.39, 0.29) is 11.8 Å². The van der Waals surface area contributed by atoms with Gasteiger partial charge >= 0.3 is 0 Å². The Kier molecular flexibility index (Phi) is 5.27. The van der Waals surface area contributed by atoms with Gasteiger partial charge < -0.3 is 0 Å². The third-order valence-corrected chi connectivity index (χ3v) is 5.61. The van der Waals surface area contributed by atoms with Gasteiger partial charge in [0.25, 0.3) is 0 Å². The molecule has 0 aliphatic heterocycles. The van der Waals surface area contributed by atoms with Gasteiger partial charge in [-0.15, -0.1) is 0 Å². The van der Waals surface area contributed by atoms with E-state index in [4.69, 9.17) is 0 Å². The molecule has 0 aromatic heterocycles. The number of aryl methyl sites for hydroxylation is 4. The number of rotatable bonds is 5. The number of nitrogens with one attached hydrogen (secondary N) is 1. The molecule has 3 nitrogen and oxygen atoms in total. The number of benzene rings is 2. The van der Waals surface area contributed by atoms with E-state index in [2.05, 4.69) is 23.8 Å². The summed E-state index contributed by atoms with van der Waals surface area (Å²) in [6, 6.07) is 11.5. The van der Waals surface area contributed by atoms with E-state index in [9.17, 15) is 8.42 Å². The van der Waals surface area contributed by atoms with Crippen LogP contribution in [0.25, 0.3) is 0 Å². The standard InChI is InChI=1S/C19H25NO2S/c1-13-6-8-18(9-7-13)12-23(21,22)20-17(5)19-11-15(3)14(2)10-16(19)4/h6-11,17,20H,12H2,1-5H3. The van der Waals surface area contributed by atoms with Gasteiger partial charge in [-0.05, 0) is 62.4 Å². The zero-order chi connectivity index (χ0) is 17.2. The molecule has 2 aromatic rings. The van der Waals surface area contributed by atoms with Gasteiger partial charge in [-0.25, -0.2) is 13.1 Å². The van der Waals surface area contributed by atoms with E-state index in [1.54, 1.807) is 0 Å². The minimum Gasteiger partial charge on any atom is -0.212 e. The highest BCUT2D eigenvalue weighted by molar-refractivity contribution is 7.88. The van der Waals surface area contributed by atoms with Crippen molar-refractivity contribution in [2.45, 2.75) is 46.4 Å². The highest BCUT2D eigenvalue weighted by atomic mass is 32.2. The van der Waals surface area contributed by atoms with Crippen LogP contribution in [0.4, 0.5) is 0 Å². The summed E-state index contributed by atoms with van der Waals surface area (Å²) < 4.78 is 27.6. The maximum absolute atomic E-state index is 12.4. The second kappa shape index (κ2) is 6.85. The van der Waals surface area contributed by atoms with E-state index < -0.39 is 10.0 Å². The van der Waals surface area contributed by atoms with Crippen LogP contribution in [0.2, 0.25) is 0 Å². The average molecular weight is 331 g/mol. The van der Waals surface area contributed by atoms with Gasteiger partial charge in [0.1, 0.15) is 0 Å². The van der Waals surface area contributed by atoms with Gasteiger partial charge in [-0.2, -0.15) is 0 Å². The summed E-state index contributed by atoms with van der Waals surface area (Å²) in [5.41, 5.74) is 6.46. The topological polar surface area (TPSA) is 46.2 Å². The molecule has 0 saturated carbocycles. The Balaban J connectivity index is 2.16. The first kappa shape index (κ1) is 17.7. The van der Waals surface area contributed by atoms with Crippen molar-refractivity contribution in [3.63, 3.8) is 0 Å². The van der Waals surface area contributed by atoms with Gasteiger partial charge in [0.05, 0.1) is 5.75 Å². The third-order valence-electron chi connectivity index (χ3n) is 4.18. The molecule has 23 heavy (non-hydrogen) atoms. The van der Waals surface area contributed by atoms with Crippen molar-refractivity contribution in [3.05, 3.63) is 69.8 Å². The van der Waals surface area contributed by atoms with Crippen molar-refractivity contribution in [3.8, 4) is 0 Å². The SMILES string of the molecule is Cc1ccc(CS(=O)(=O)NC(C)c2cc(C)c(C)cc2C)cc1. The monoisotopic (exact) mass is 331 g/mol. The van der Waals surface area contributed by atoms with Crippen molar-refractivity contribution in [2.24, 2.45) is 0 Å². The van der Waals surface area contributed by atoms with Crippen LogP contribution in [-0.4, -0.2) is 8.42 Å². The number of sulfonamides is 1. The lowest BCUT2D eigenvalue weighted by atomic mass is 9.97. The Morgan fingerprint density at radius 2 is 1.48 bits per heavy atom. The summed E-state index contributed by atoms with van der Waals surface area (Å²) in [5, 5.41) is 0. The Bertz CT molecular complexity index is 793. The molecule has 0 aliphatic rings. The van der Waals surface area contributed by atoms with Crippen LogP contribution >= 0.6 is 0 Å². The first-order chi connectivity index (χ1) is 10.7. The lowest BCUT2D eigenvalue weighted by molar-refractivity contribution is 0.565. The summed E-state index contributed by atoms with van der Waals surface area (Å²) >= 11 is 0. The molecule has 0 heterocycles. The van der Waals surface area contributed by atoms with E-state index in [1.807, 2.05) is 52.0 Å².